The zero-order chi connectivity index (χ0) is 20.5. The third kappa shape index (κ3) is 6.80. The van der Waals surface area contributed by atoms with Crippen LogP contribution >= 0.6 is 11.3 Å². The van der Waals surface area contributed by atoms with Crippen LogP contribution in [0.15, 0.2) is 41.1 Å². The Labute approximate surface area is 173 Å². The molecule has 5 heteroatoms. The summed E-state index contributed by atoms with van der Waals surface area (Å²) in [5.41, 5.74) is 2.95. The van der Waals surface area contributed by atoms with Gasteiger partial charge in [-0.25, -0.2) is 0 Å². The van der Waals surface area contributed by atoms with Crippen molar-refractivity contribution in [1.82, 2.24) is 4.90 Å². The normalized spacial score (nSPS) is 11.7. The maximum atomic E-state index is 12.2. The number of aryl methyl sites for hydroxylation is 1. The summed E-state index contributed by atoms with van der Waals surface area (Å²) in [7, 11) is 1.69. The van der Waals surface area contributed by atoms with Gasteiger partial charge < -0.3 is 10.1 Å². The molecule has 0 saturated carbocycles. The molecular formula is C23H32N2O2S. The van der Waals surface area contributed by atoms with Crippen molar-refractivity contribution in [2.45, 2.75) is 52.6 Å². The number of hydrogen-bond donors (Lipinski definition) is 1. The van der Waals surface area contributed by atoms with Crippen molar-refractivity contribution >= 4 is 29.0 Å². The van der Waals surface area contributed by atoms with E-state index in [0.29, 0.717) is 12.1 Å². The highest BCUT2D eigenvalue weighted by atomic mass is 32.1. The molecule has 0 aliphatic carbocycles. The number of carbonyl (C=O) groups is 1. The second kappa shape index (κ2) is 11.0. The summed E-state index contributed by atoms with van der Waals surface area (Å²) in [5.74, 6) is 0.737. The Morgan fingerprint density at radius 3 is 2.57 bits per heavy atom. The highest BCUT2D eigenvalue weighted by molar-refractivity contribution is 7.08. The molecule has 1 aromatic carbocycles. The Hall–Kier alpha value is -2.11. The number of ether oxygens (including phenoxy) is 1. The summed E-state index contributed by atoms with van der Waals surface area (Å²) in [4.78, 5) is 14.7. The third-order valence-electron chi connectivity index (χ3n) is 4.71. The van der Waals surface area contributed by atoms with Gasteiger partial charge in [-0.1, -0.05) is 0 Å². The van der Waals surface area contributed by atoms with E-state index in [-0.39, 0.29) is 5.91 Å². The maximum absolute atomic E-state index is 12.2. The van der Waals surface area contributed by atoms with E-state index in [9.17, 15) is 4.79 Å². The molecule has 0 radical (unpaired) electrons. The van der Waals surface area contributed by atoms with Crippen LogP contribution in [0.2, 0.25) is 0 Å². The highest BCUT2D eigenvalue weighted by Gasteiger charge is 2.13. The van der Waals surface area contributed by atoms with Gasteiger partial charge in [0.05, 0.1) is 7.11 Å². The molecule has 152 valence electrons. The van der Waals surface area contributed by atoms with E-state index < -0.39 is 0 Å². The zero-order valence-corrected chi connectivity index (χ0v) is 18.4. The van der Waals surface area contributed by atoms with Crippen LogP contribution in [0.25, 0.3) is 6.08 Å². The van der Waals surface area contributed by atoms with Crippen molar-refractivity contribution in [3.63, 3.8) is 0 Å². The van der Waals surface area contributed by atoms with Crippen molar-refractivity contribution < 1.29 is 9.53 Å². The third-order valence-corrected chi connectivity index (χ3v) is 5.41. The van der Waals surface area contributed by atoms with Crippen molar-refractivity contribution in [1.29, 1.82) is 0 Å². The number of amides is 1. The Bertz CT molecular complexity index is 759. The van der Waals surface area contributed by atoms with E-state index >= 15 is 0 Å². The van der Waals surface area contributed by atoms with Gasteiger partial charge in [0.1, 0.15) is 5.75 Å². The summed E-state index contributed by atoms with van der Waals surface area (Å²) in [5, 5.41) is 6.94. The van der Waals surface area contributed by atoms with E-state index in [2.05, 4.69) is 37.9 Å². The second-order valence-corrected chi connectivity index (χ2v) is 8.21. The number of benzene rings is 1. The van der Waals surface area contributed by atoms with Crippen LogP contribution in [0.3, 0.4) is 0 Å². The molecule has 0 fully saturated rings. The van der Waals surface area contributed by atoms with Gasteiger partial charge >= 0.3 is 0 Å². The van der Waals surface area contributed by atoms with Crippen LogP contribution in [0.4, 0.5) is 5.69 Å². The standard InChI is InChI=1S/C23H32N2O2S/c1-17(2)25(18(3)4)13-6-7-20-15-21(9-10-22(20)27-5)24-23(26)11-8-19-12-14-28-16-19/h8-12,14-18H,6-7,13H2,1-5H3,(H,24,26)/b11-8+. The van der Waals surface area contributed by atoms with Crippen molar-refractivity contribution in [2.24, 2.45) is 0 Å². The number of rotatable bonds is 10. The van der Waals surface area contributed by atoms with Crippen LogP contribution in [-0.2, 0) is 11.2 Å². The van der Waals surface area contributed by atoms with Gasteiger partial charge in [0.25, 0.3) is 0 Å². The smallest absolute Gasteiger partial charge is 0.248 e. The van der Waals surface area contributed by atoms with Crippen LogP contribution in [0, 0.1) is 0 Å². The van der Waals surface area contributed by atoms with Crippen LogP contribution in [0.5, 0.6) is 5.75 Å². The molecule has 0 aliphatic heterocycles. The molecule has 0 aliphatic rings. The minimum Gasteiger partial charge on any atom is -0.496 e. The molecule has 1 amide bonds. The Balaban J connectivity index is 1.99. The lowest BCUT2D eigenvalue weighted by molar-refractivity contribution is -0.111. The van der Waals surface area contributed by atoms with Gasteiger partial charge in [0, 0.05) is 23.8 Å². The van der Waals surface area contributed by atoms with Crippen molar-refractivity contribution in [3.05, 3.63) is 52.2 Å². The number of anilines is 1. The summed E-state index contributed by atoms with van der Waals surface area (Å²) < 4.78 is 5.52. The van der Waals surface area contributed by atoms with Gasteiger partial charge in [-0.15, -0.1) is 0 Å². The highest BCUT2D eigenvalue weighted by Crippen LogP contribution is 2.24. The molecule has 4 nitrogen and oxygen atoms in total. The van der Waals surface area contributed by atoms with Crippen molar-refractivity contribution in [2.75, 3.05) is 19.0 Å². The number of nitrogens with one attached hydrogen (secondary N) is 1. The molecule has 1 heterocycles. The van der Waals surface area contributed by atoms with Gasteiger partial charge in [0.2, 0.25) is 5.91 Å². The van der Waals surface area contributed by atoms with Crippen LogP contribution in [0.1, 0.15) is 45.2 Å². The number of nitrogens with zero attached hydrogens (tertiary/aromatic N) is 1. The maximum Gasteiger partial charge on any atom is 0.248 e. The van der Waals surface area contributed by atoms with Crippen molar-refractivity contribution in [3.8, 4) is 5.75 Å². The molecule has 0 saturated heterocycles. The lowest BCUT2D eigenvalue weighted by Gasteiger charge is -2.30. The average molecular weight is 401 g/mol. The van der Waals surface area contributed by atoms with Gasteiger partial charge in [-0.2, -0.15) is 11.3 Å². The number of hydrogen-bond acceptors (Lipinski definition) is 4. The number of thiophene rings is 1. The van der Waals surface area contributed by atoms with E-state index in [1.807, 2.05) is 41.1 Å². The molecule has 2 rings (SSSR count). The first-order valence-electron chi connectivity index (χ1n) is 9.84. The zero-order valence-electron chi connectivity index (χ0n) is 17.6. The molecular weight excluding hydrogens is 368 g/mol. The Morgan fingerprint density at radius 1 is 1.21 bits per heavy atom. The van der Waals surface area contributed by atoms with Crippen LogP contribution < -0.4 is 10.1 Å². The Kier molecular flexibility index (Phi) is 8.74. The van der Waals surface area contributed by atoms with E-state index in [1.165, 1.54) is 0 Å². The lowest BCUT2D eigenvalue weighted by Crippen LogP contribution is -2.37. The summed E-state index contributed by atoms with van der Waals surface area (Å²) >= 11 is 1.61. The molecule has 0 bridgehead atoms. The molecule has 0 atom stereocenters. The molecule has 28 heavy (non-hydrogen) atoms. The average Bonchev–Trinajstić information content (AvgIpc) is 3.16. The minimum absolute atomic E-state index is 0.131. The fourth-order valence-electron chi connectivity index (χ4n) is 3.34. The predicted molar refractivity (Wildman–Crippen MR) is 120 cm³/mol. The predicted octanol–water partition coefficient (Wildman–Crippen LogP) is 5.46. The minimum atomic E-state index is -0.131. The summed E-state index contributed by atoms with van der Waals surface area (Å²) in [6.45, 7) is 9.99. The van der Waals surface area contributed by atoms with Crippen LogP contribution in [-0.4, -0.2) is 36.5 Å². The fourth-order valence-corrected chi connectivity index (χ4v) is 3.97. The molecule has 0 spiro atoms. The molecule has 1 N–H and O–H groups in total. The topological polar surface area (TPSA) is 41.6 Å². The number of carbonyl (C=O) groups excluding carboxylic acids is 1. The molecule has 1 aromatic heterocycles. The largest absolute Gasteiger partial charge is 0.496 e. The number of methoxy groups -OCH3 is 1. The first-order chi connectivity index (χ1) is 13.4. The summed E-state index contributed by atoms with van der Waals surface area (Å²) in [6.07, 6.45) is 5.34. The summed E-state index contributed by atoms with van der Waals surface area (Å²) in [6, 6.07) is 8.87. The quantitative estimate of drug-likeness (QED) is 0.539. The van der Waals surface area contributed by atoms with E-state index in [4.69, 9.17) is 4.74 Å². The Morgan fingerprint density at radius 2 is 1.96 bits per heavy atom. The van der Waals surface area contributed by atoms with E-state index in [1.54, 1.807) is 24.5 Å². The first kappa shape index (κ1) is 22.2. The monoisotopic (exact) mass is 400 g/mol. The molecule has 2 aromatic rings. The van der Waals surface area contributed by atoms with Gasteiger partial charge in [-0.05, 0) is 99.3 Å². The van der Waals surface area contributed by atoms with Gasteiger partial charge in [0.15, 0.2) is 0 Å². The SMILES string of the molecule is COc1ccc(NC(=O)/C=C/c2ccsc2)cc1CCCN(C(C)C)C(C)C. The second-order valence-electron chi connectivity index (χ2n) is 7.43. The first-order valence-corrected chi connectivity index (χ1v) is 10.8. The lowest BCUT2D eigenvalue weighted by atomic mass is 10.1. The fraction of sp³-hybridized carbons (Fsp3) is 0.435. The van der Waals surface area contributed by atoms with E-state index in [0.717, 1.165) is 42.0 Å². The molecule has 0 unspecified atom stereocenters. The van der Waals surface area contributed by atoms with Gasteiger partial charge in [-0.3, -0.25) is 9.69 Å².